The van der Waals surface area contributed by atoms with E-state index >= 15 is 0 Å². The Morgan fingerprint density at radius 1 is 1.18 bits per heavy atom. The lowest BCUT2D eigenvalue weighted by Crippen LogP contribution is -2.31. The number of hydrogen-bond donors (Lipinski definition) is 2. The molecule has 1 heterocycles. The first kappa shape index (κ1) is 19.6. The van der Waals surface area contributed by atoms with Crippen molar-refractivity contribution in [1.82, 2.24) is 14.9 Å². The highest BCUT2D eigenvalue weighted by molar-refractivity contribution is 5.92. The van der Waals surface area contributed by atoms with E-state index in [4.69, 9.17) is 0 Å². The lowest BCUT2D eigenvalue weighted by molar-refractivity contribution is -0.137. The van der Waals surface area contributed by atoms with Crippen molar-refractivity contribution in [3.63, 3.8) is 0 Å². The van der Waals surface area contributed by atoms with E-state index in [9.17, 15) is 22.8 Å². The topological polar surface area (TPSA) is 78.1 Å². The van der Waals surface area contributed by atoms with Crippen molar-refractivity contribution in [2.75, 3.05) is 18.9 Å². The van der Waals surface area contributed by atoms with Crippen molar-refractivity contribution >= 4 is 22.5 Å². The Kier molecular flexibility index (Phi) is 5.46. The Bertz CT molecular complexity index is 1060. The normalized spacial score (nSPS) is 11.8. The van der Waals surface area contributed by atoms with Crippen LogP contribution >= 0.6 is 0 Å². The van der Waals surface area contributed by atoms with Gasteiger partial charge < -0.3 is 10.3 Å². The number of nitrogens with zero attached hydrogens (tertiary/aromatic N) is 2. The monoisotopic (exact) mass is 390 g/mol. The fraction of sp³-hybridized carbons (Fsp3) is 0.211. The van der Waals surface area contributed by atoms with E-state index in [1.165, 1.54) is 12.1 Å². The van der Waals surface area contributed by atoms with Gasteiger partial charge in [0.2, 0.25) is 5.91 Å². The van der Waals surface area contributed by atoms with Crippen molar-refractivity contribution in [2.24, 2.45) is 0 Å². The number of nitrogens with one attached hydrogen (secondary N) is 2. The standard InChI is InChI=1S/C19H17F3N4O2/c1-26(10-16-24-15-8-3-2-7-14(15)18(28)25-16)11-17(27)23-13-6-4-5-12(9-13)19(20,21)22/h2-9H,10-11H2,1H3,(H,23,27)(H,24,25,28). The third kappa shape index (κ3) is 4.74. The number of hydrogen-bond acceptors (Lipinski definition) is 4. The summed E-state index contributed by atoms with van der Waals surface area (Å²) in [5.74, 6) is -0.0944. The molecule has 2 N–H and O–H groups in total. The van der Waals surface area contributed by atoms with Crippen LogP contribution < -0.4 is 10.9 Å². The first-order chi connectivity index (χ1) is 13.2. The number of carbonyl (C=O) groups is 1. The summed E-state index contributed by atoms with van der Waals surface area (Å²) in [6.45, 7) is 0.100. The van der Waals surface area contributed by atoms with Gasteiger partial charge in [-0.25, -0.2) is 4.98 Å². The first-order valence-electron chi connectivity index (χ1n) is 8.36. The van der Waals surface area contributed by atoms with Crippen LogP contribution in [0.1, 0.15) is 11.4 Å². The molecule has 0 saturated heterocycles. The zero-order chi connectivity index (χ0) is 20.3. The molecule has 0 bridgehead atoms. The molecule has 1 aromatic heterocycles. The maximum absolute atomic E-state index is 12.7. The van der Waals surface area contributed by atoms with Crippen LogP contribution in [0.3, 0.4) is 0 Å². The third-order valence-electron chi connectivity index (χ3n) is 3.97. The smallest absolute Gasteiger partial charge is 0.325 e. The van der Waals surface area contributed by atoms with Gasteiger partial charge in [-0.3, -0.25) is 14.5 Å². The maximum Gasteiger partial charge on any atom is 0.416 e. The van der Waals surface area contributed by atoms with Crippen LogP contribution in [0.5, 0.6) is 0 Å². The number of para-hydroxylation sites is 1. The average Bonchev–Trinajstić information content (AvgIpc) is 2.61. The second-order valence-electron chi connectivity index (χ2n) is 6.33. The molecule has 6 nitrogen and oxygen atoms in total. The molecule has 0 spiro atoms. The minimum atomic E-state index is -4.48. The number of amides is 1. The SMILES string of the molecule is CN(CC(=O)Nc1cccc(C(F)(F)F)c1)Cc1nc2ccccc2c(=O)[nH]1. The number of anilines is 1. The van der Waals surface area contributed by atoms with Gasteiger partial charge in [0.05, 0.1) is 29.6 Å². The number of fused-ring (bicyclic) bond motifs is 1. The average molecular weight is 390 g/mol. The number of carbonyl (C=O) groups excluding carboxylic acids is 1. The Balaban J connectivity index is 1.64. The molecular weight excluding hydrogens is 373 g/mol. The quantitative estimate of drug-likeness (QED) is 0.702. The van der Waals surface area contributed by atoms with Gasteiger partial charge in [-0.15, -0.1) is 0 Å². The highest BCUT2D eigenvalue weighted by Crippen LogP contribution is 2.30. The summed E-state index contributed by atoms with van der Waals surface area (Å²) >= 11 is 0. The predicted octanol–water partition coefficient (Wildman–Crippen LogP) is 3.01. The Morgan fingerprint density at radius 3 is 2.68 bits per heavy atom. The second-order valence-corrected chi connectivity index (χ2v) is 6.33. The predicted molar refractivity (Wildman–Crippen MR) is 98.8 cm³/mol. The van der Waals surface area contributed by atoms with Crippen LogP contribution in [0.4, 0.5) is 18.9 Å². The van der Waals surface area contributed by atoms with Crippen molar-refractivity contribution in [2.45, 2.75) is 12.7 Å². The van der Waals surface area contributed by atoms with E-state index < -0.39 is 17.6 Å². The Hall–Kier alpha value is -3.20. The van der Waals surface area contributed by atoms with Crippen LogP contribution in [0.2, 0.25) is 0 Å². The van der Waals surface area contributed by atoms with Gasteiger partial charge in [0.15, 0.2) is 0 Å². The van der Waals surface area contributed by atoms with Crippen LogP contribution in [0.15, 0.2) is 53.3 Å². The molecule has 28 heavy (non-hydrogen) atoms. The number of benzene rings is 2. The number of H-pyrrole nitrogens is 1. The minimum absolute atomic E-state index is 0.0606. The summed E-state index contributed by atoms with van der Waals surface area (Å²) in [5.41, 5.74) is -0.507. The fourth-order valence-corrected chi connectivity index (χ4v) is 2.74. The van der Waals surface area contributed by atoms with Gasteiger partial charge in [0, 0.05) is 5.69 Å². The van der Waals surface area contributed by atoms with Crippen molar-refractivity contribution in [1.29, 1.82) is 0 Å². The lowest BCUT2D eigenvalue weighted by atomic mass is 10.2. The molecule has 0 radical (unpaired) electrons. The van der Waals surface area contributed by atoms with Crippen molar-refractivity contribution < 1.29 is 18.0 Å². The zero-order valence-corrected chi connectivity index (χ0v) is 14.9. The van der Waals surface area contributed by atoms with Gasteiger partial charge in [-0.05, 0) is 37.4 Å². The van der Waals surface area contributed by atoms with E-state index in [0.717, 1.165) is 12.1 Å². The van der Waals surface area contributed by atoms with Crippen LogP contribution in [-0.4, -0.2) is 34.4 Å². The zero-order valence-electron chi connectivity index (χ0n) is 14.9. The fourth-order valence-electron chi connectivity index (χ4n) is 2.74. The molecule has 0 atom stereocenters. The molecule has 146 valence electrons. The van der Waals surface area contributed by atoms with Crippen molar-refractivity contribution in [3.05, 3.63) is 70.3 Å². The molecule has 0 unspecified atom stereocenters. The molecule has 0 fully saturated rings. The molecule has 0 aliphatic carbocycles. The van der Waals surface area contributed by atoms with E-state index in [-0.39, 0.29) is 24.3 Å². The van der Waals surface area contributed by atoms with E-state index in [1.807, 2.05) is 0 Å². The first-order valence-corrected chi connectivity index (χ1v) is 8.36. The summed E-state index contributed by atoms with van der Waals surface area (Å²) < 4.78 is 38.2. The molecular formula is C19H17F3N4O2. The number of aromatic nitrogens is 2. The number of alkyl halides is 3. The van der Waals surface area contributed by atoms with Crippen LogP contribution in [0, 0.1) is 0 Å². The summed E-state index contributed by atoms with van der Waals surface area (Å²) in [6, 6.07) is 11.3. The number of rotatable bonds is 5. The summed E-state index contributed by atoms with van der Waals surface area (Å²) in [4.78, 5) is 32.8. The number of aromatic amines is 1. The van der Waals surface area contributed by atoms with Gasteiger partial charge in [-0.1, -0.05) is 18.2 Å². The molecule has 0 aliphatic heterocycles. The second kappa shape index (κ2) is 7.81. The van der Waals surface area contributed by atoms with Crippen molar-refractivity contribution in [3.8, 4) is 0 Å². The molecule has 3 aromatic rings. The molecule has 1 amide bonds. The van der Waals surface area contributed by atoms with E-state index in [1.54, 1.807) is 36.2 Å². The number of likely N-dealkylation sites (N-methyl/N-ethyl adjacent to an activating group) is 1. The van der Waals surface area contributed by atoms with Crippen LogP contribution in [-0.2, 0) is 17.5 Å². The highest BCUT2D eigenvalue weighted by Gasteiger charge is 2.30. The molecule has 3 rings (SSSR count). The molecule has 9 heteroatoms. The molecule has 0 saturated carbocycles. The third-order valence-corrected chi connectivity index (χ3v) is 3.97. The van der Waals surface area contributed by atoms with Gasteiger partial charge in [-0.2, -0.15) is 13.2 Å². The van der Waals surface area contributed by atoms with E-state index in [0.29, 0.717) is 16.7 Å². The summed E-state index contributed by atoms with van der Waals surface area (Å²) in [7, 11) is 1.64. The van der Waals surface area contributed by atoms with Gasteiger partial charge in [0.25, 0.3) is 5.56 Å². The Morgan fingerprint density at radius 2 is 1.93 bits per heavy atom. The maximum atomic E-state index is 12.7. The molecule has 0 aliphatic rings. The summed E-state index contributed by atoms with van der Waals surface area (Å²) in [6.07, 6.45) is -4.48. The summed E-state index contributed by atoms with van der Waals surface area (Å²) in [5, 5.41) is 2.91. The van der Waals surface area contributed by atoms with Crippen LogP contribution in [0.25, 0.3) is 10.9 Å². The highest BCUT2D eigenvalue weighted by atomic mass is 19.4. The van der Waals surface area contributed by atoms with E-state index in [2.05, 4.69) is 15.3 Å². The largest absolute Gasteiger partial charge is 0.416 e. The van der Waals surface area contributed by atoms with Gasteiger partial charge >= 0.3 is 6.18 Å². The lowest BCUT2D eigenvalue weighted by Gasteiger charge is -2.16. The minimum Gasteiger partial charge on any atom is -0.325 e. The van der Waals surface area contributed by atoms with Gasteiger partial charge in [0.1, 0.15) is 5.82 Å². The molecule has 2 aromatic carbocycles. The number of halogens is 3. The Labute approximate surface area is 158 Å².